The van der Waals surface area contributed by atoms with Crippen molar-refractivity contribution in [1.29, 1.82) is 0 Å². The number of nitrogens with zero attached hydrogens (tertiary/aromatic N) is 1. The second-order valence-corrected chi connectivity index (χ2v) is 13.9. The SMILES string of the molecule is COc1cc(C2NC(=O)c3cc(Cl)ccc3N2)ccc1OCCCCCCCCOc1c(OC)cc(C2=NOC(c3cc(OC)c(OC)c(OC)c3)C2)cc1OC. The smallest absolute Gasteiger partial charge is 0.255 e. The van der Waals surface area contributed by atoms with Gasteiger partial charge in [-0.2, -0.15) is 0 Å². The molecule has 6 rings (SSSR count). The van der Waals surface area contributed by atoms with Gasteiger partial charge >= 0.3 is 0 Å². The van der Waals surface area contributed by atoms with E-state index in [2.05, 4.69) is 15.8 Å². The lowest BCUT2D eigenvalue weighted by Gasteiger charge is -2.28. The van der Waals surface area contributed by atoms with Gasteiger partial charge in [-0.3, -0.25) is 4.79 Å². The fourth-order valence-corrected chi connectivity index (χ4v) is 7.02. The molecule has 0 saturated carbocycles. The highest BCUT2D eigenvalue weighted by Gasteiger charge is 2.29. The Labute approximate surface area is 338 Å². The number of anilines is 1. The predicted octanol–water partition coefficient (Wildman–Crippen LogP) is 8.91. The van der Waals surface area contributed by atoms with Crippen LogP contribution in [0.15, 0.2) is 65.8 Å². The summed E-state index contributed by atoms with van der Waals surface area (Å²) in [6.07, 6.45) is 5.81. The lowest BCUT2D eigenvalue weighted by Crippen LogP contribution is -2.38. The van der Waals surface area contributed by atoms with E-state index in [-0.39, 0.29) is 12.0 Å². The van der Waals surface area contributed by atoms with Crippen LogP contribution in [0.3, 0.4) is 0 Å². The minimum Gasteiger partial charge on any atom is -0.493 e. The number of carbonyl (C=O) groups excluding carboxylic acids is 1. The number of halogens is 1. The van der Waals surface area contributed by atoms with Crippen molar-refractivity contribution in [2.75, 3.05) is 61.2 Å². The van der Waals surface area contributed by atoms with Gasteiger partial charge in [-0.15, -0.1) is 0 Å². The predicted molar refractivity (Wildman–Crippen MR) is 218 cm³/mol. The number of hydrogen-bond acceptors (Lipinski definition) is 12. The number of nitrogens with one attached hydrogen (secondary N) is 2. The van der Waals surface area contributed by atoms with E-state index in [0.717, 1.165) is 66.6 Å². The molecule has 2 heterocycles. The van der Waals surface area contributed by atoms with Crippen LogP contribution in [0.25, 0.3) is 0 Å². The summed E-state index contributed by atoms with van der Waals surface area (Å²) in [7, 11) is 9.56. The van der Waals surface area contributed by atoms with Crippen LogP contribution in [-0.4, -0.2) is 67.5 Å². The summed E-state index contributed by atoms with van der Waals surface area (Å²) < 4.78 is 45.8. The molecule has 0 saturated heterocycles. The van der Waals surface area contributed by atoms with E-state index in [1.807, 2.05) is 42.5 Å². The maximum Gasteiger partial charge on any atom is 0.255 e. The van der Waals surface area contributed by atoms with Gasteiger partial charge in [0.05, 0.1) is 67.1 Å². The number of unbranched alkanes of at least 4 members (excludes halogenated alkanes) is 5. The number of benzene rings is 4. The van der Waals surface area contributed by atoms with Crippen LogP contribution in [-0.2, 0) is 4.84 Å². The molecular weight excluding hydrogens is 754 g/mol. The van der Waals surface area contributed by atoms with E-state index < -0.39 is 6.17 Å². The zero-order valence-corrected chi connectivity index (χ0v) is 34.0. The van der Waals surface area contributed by atoms with Crippen LogP contribution in [0.5, 0.6) is 46.0 Å². The van der Waals surface area contributed by atoms with Crippen molar-refractivity contribution in [2.24, 2.45) is 5.16 Å². The first-order valence-corrected chi connectivity index (χ1v) is 19.3. The molecule has 2 N–H and O–H groups in total. The zero-order chi connectivity index (χ0) is 40.3. The lowest BCUT2D eigenvalue weighted by molar-refractivity contribution is 0.0853. The van der Waals surface area contributed by atoms with Gasteiger partial charge in [-0.05, 0) is 73.0 Å². The van der Waals surface area contributed by atoms with E-state index in [4.69, 9.17) is 54.3 Å². The molecule has 2 unspecified atom stereocenters. The van der Waals surface area contributed by atoms with Gasteiger partial charge in [0.25, 0.3) is 5.91 Å². The van der Waals surface area contributed by atoms with Gasteiger partial charge in [0.15, 0.2) is 40.6 Å². The first-order chi connectivity index (χ1) is 27.8. The first-order valence-electron chi connectivity index (χ1n) is 18.9. The fraction of sp³-hybridized carbons (Fsp3) is 0.395. The van der Waals surface area contributed by atoms with Gasteiger partial charge in [0, 0.05) is 28.3 Å². The second kappa shape index (κ2) is 19.4. The highest BCUT2D eigenvalue weighted by Crippen LogP contribution is 2.44. The number of hydrogen-bond donors (Lipinski definition) is 2. The topological polar surface area (TPSA) is 137 Å². The first kappa shape index (κ1) is 41.0. The maximum absolute atomic E-state index is 12.7. The van der Waals surface area contributed by atoms with Gasteiger partial charge < -0.3 is 53.4 Å². The molecule has 2 aliphatic heterocycles. The van der Waals surface area contributed by atoms with Crippen LogP contribution in [0.1, 0.15) is 84.3 Å². The third-order valence-corrected chi connectivity index (χ3v) is 10.1. The van der Waals surface area contributed by atoms with Gasteiger partial charge in [0.1, 0.15) is 6.17 Å². The number of oxime groups is 1. The molecule has 4 aromatic rings. The van der Waals surface area contributed by atoms with E-state index in [0.29, 0.717) is 76.2 Å². The van der Waals surface area contributed by atoms with Gasteiger partial charge in [0.2, 0.25) is 11.5 Å². The Morgan fingerprint density at radius 3 is 1.86 bits per heavy atom. The number of carbonyl (C=O) groups is 1. The summed E-state index contributed by atoms with van der Waals surface area (Å²) in [4.78, 5) is 18.5. The number of fused-ring (bicyclic) bond motifs is 1. The van der Waals surface area contributed by atoms with Crippen LogP contribution in [0.4, 0.5) is 5.69 Å². The van der Waals surface area contributed by atoms with Crippen molar-refractivity contribution in [3.8, 4) is 46.0 Å². The molecule has 0 radical (unpaired) electrons. The summed E-state index contributed by atoms with van der Waals surface area (Å²) in [5, 5.41) is 11.2. The summed E-state index contributed by atoms with van der Waals surface area (Å²) >= 11 is 6.07. The summed E-state index contributed by atoms with van der Waals surface area (Å²) in [5.74, 6) is 4.36. The molecule has 14 heteroatoms. The third kappa shape index (κ3) is 9.65. The number of ether oxygens (including phenoxy) is 8. The van der Waals surface area contributed by atoms with Crippen LogP contribution < -0.4 is 48.5 Å². The summed E-state index contributed by atoms with van der Waals surface area (Å²) in [5.41, 5.74) is 4.50. The molecule has 2 atom stereocenters. The summed E-state index contributed by atoms with van der Waals surface area (Å²) in [6.45, 7) is 1.10. The third-order valence-electron chi connectivity index (χ3n) is 9.89. The zero-order valence-electron chi connectivity index (χ0n) is 33.2. The molecule has 0 aromatic heterocycles. The molecule has 13 nitrogen and oxygen atoms in total. The van der Waals surface area contributed by atoms with Crippen molar-refractivity contribution in [2.45, 2.75) is 57.2 Å². The molecule has 4 aromatic carbocycles. The number of amides is 1. The van der Waals surface area contributed by atoms with Crippen molar-refractivity contribution >= 4 is 28.9 Å². The second-order valence-electron chi connectivity index (χ2n) is 13.5. The Hall–Kier alpha value is -5.69. The Balaban J connectivity index is 0.919. The van der Waals surface area contributed by atoms with E-state index in [1.165, 1.54) is 0 Å². The molecule has 304 valence electrons. The standard InChI is InChI=1S/C43H50ClN3O10/c1-49-35-19-26(42-45-31-15-14-29(44)24-30(31)43(48)46-42)13-16-33(35)55-17-11-9-7-8-10-12-18-56-41-38(52-4)20-27(21-39(41)53-5)32-25-34(57-47-32)28-22-36(50-2)40(54-6)37(23-28)51-3/h13-16,19-24,34,42,45H,7-12,17-18,25H2,1-6H3,(H,46,48). The molecular formula is C43H50ClN3O10. The van der Waals surface area contributed by atoms with Crippen LogP contribution >= 0.6 is 11.6 Å². The van der Waals surface area contributed by atoms with E-state index >= 15 is 0 Å². The highest BCUT2D eigenvalue weighted by molar-refractivity contribution is 6.31. The highest BCUT2D eigenvalue weighted by atomic mass is 35.5. The minimum atomic E-state index is -0.408. The molecule has 57 heavy (non-hydrogen) atoms. The average Bonchev–Trinajstić information content (AvgIpc) is 3.74. The van der Waals surface area contributed by atoms with E-state index in [9.17, 15) is 4.79 Å². The van der Waals surface area contributed by atoms with Gasteiger partial charge in [-0.25, -0.2) is 0 Å². The Kier molecular flexibility index (Phi) is 14.0. The normalized spacial score (nSPS) is 15.6. The lowest BCUT2D eigenvalue weighted by atomic mass is 9.99. The Morgan fingerprint density at radius 1 is 0.632 bits per heavy atom. The Morgan fingerprint density at radius 2 is 1.23 bits per heavy atom. The number of methoxy groups -OCH3 is 6. The van der Waals surface area contributed by atoms with Crippen molar-refractivity contribution < 1.29 is 47.5 Å². The quantitative estimate of drug-likeness (QED) is 0.0829. The van der Waals surface area contributed by atoms with Crippen LogP contribution in [0.2, 0.25) is 5.02 Å². The summed E-state index contributed by atoms with van der Waals surface area (Å²) in [6, 6.07) is 18.4. The molecule has 0 fully saturated rings. The molecule has 0 spiro atoms. The largest absolute Gasteiger partial charge is 0.493 e. The van der Waals surface area contributed by atoms with Crippen molar-refractivity contribution in [3.63, 3.8) is 0 Å². The monoisotopic (exact) mass is 803 g/mol. The molecule has 2 aliphatic rings. The fourth-order valence-electron chi connectivity index (χ4n) is 6.85. The molecule has 0 aliphatic carbocycles. The number of rotatable bonds is 20. The van der Waals surface area contributed by atoms with E-state index in [1.54, 1.807) is 60.9 Å². The molecule has 0 bridgehead atoms. The maximum atomic E-state index is 12.7. The van der Waals surface area contributed by atoms with Gasteiger partial charge in [-0.1, -0.05) is 48.5 Å². The van der Waals surface area contributed by atoms with Crippen LogP contribution in [0, 0.1) is 0 Å². The van der Waals surface area contributed by atoms with Crippen molar-refractivity contribution in [3.05, 3.63) is 87.9 Å². The Bertz CT molecular complexity index is 2010. The minimum absolute atomic E-state index is 0.189. The average molecular weight is 804 g/mol. The molecule has 1 amide bonds. The van der Waals surface area contributed by atoms with Crippen molar-refractivity contribution in [1.82, 2.24) is 5.32 Å².